The number of furan rings is 1. The Balaban J connectivity index is 2.02. The van der Waals surface area contributed by atoms with Crippen molar-refractivity contribution in [2.75, 3.05) is 11.5 Å². The number of hydrazone groups is 1. The molecule has 1 aliphatic rings. The first-order valence-corrected chi connectivity index (χ1v) is 8.22. The average molecular weight is 298 g/mol. The van der Waals surface area contributed by atoms with Crippen LogP contribution >= 0.6 is 0 Å². The molecule has 1 fully saturated rings. The normalized spacial score (nSPS) is 21.9. The Morgan fingerprint density at radius 2 is 2.15 bits per heavy atom. The van der Waals surface area contributed by atoms with Crippen LogP contribution in [0, 0.1) is 19.8 Å². The first-order valence-electron chi connectivity index (χ1n) is 6.40. The number of carbonyl (C=O) groups excluding carboxylic acids is 1. The number of rotatable bonds is 3. The molecule has 0 aliphatic carbocycles. The van der Waals surface area contributed by atoms with Crippen LogP contribution in [0.3, 0.4) is 0 Å². The van der Waals surface area contributed by atoms with Crippen molar-refractivity contribution in [2.45, 2.75) is 27.2 Å². The summed E-state index contributed by atoms with van der Waals surface area (Å²) in [7, 11) is -3.06. The molecule has 0 saturated carbocycles. The van der Waals surface area contributed by atoms with E-state index in [0.29, 0.717) is 12.1 Å². The summed E-state index contributed by atoms with van der Waals surface area (Å²) in [5.41, 5.74) is 3.91. The van der Waals surface area contributed by atoms with E-state index >= 15 is 0 Å². The van der Waals surface area contributed by atoms with Crippen molar-refractivity contribution in [3.63, 3.8) is 0 Å². The molecule has 2 rings (SSSR count). The van der Waals surface area contributed by atoms with Crippen LogP contribution in [0.25, 0.3) is 0 Å². The van der Waals surface area contributed by atoms with Gasteiger partial charge in [-0.2, -0.15) is 5.10 Å². The van der Waals surface area contributed by atoms with E-state index < -0.39 is 15.8 Å². The van der Waals surface area contributed by atoms with Gasteiger partial charge in [-0.25, -0.2) is 13.8 Å². The molecule has 6 nitrogen and oxygen atoms in total. The monoisotopic (exact) mass is 298 g/mol. The highest BCUT2D eigenvalue weighted by Gasteiger charge is 2.32. The number of sulfone groups is 1. The highest BCUT2D eigenvalue weighted by atomic mass is 32.2. The zero-order valence-corrected chi connectivity index (χ0v) is 12.6. The molecule has 1 saturated heterocycles. The van der Waals surface area contributed by atoms with Crippen LogP contribution in [-0.4, -0.2) is 31.5 Å². The molecule has 1 amide bonds. The maximum absolute atomic E-state index is 11.9. The van der Waals surface area contributed by atoms with Crippen molar-refractivity contribution in [3.05, 3.63) is 23.2 Å². The van der Waals surface area contributed by atoms with E-state index in [0.717, 1.165) is 17.1 Å². The summed E-state index contributed by atoms with van der Waals surface area (Å²) in [6.45, 7) is 5.43. The molecule has 2 heterocycles. The van der Waals surface area contributed by atoms with E-state index in [1.807, 2.05) is 19.9 Å². The molecule has 1 aromatic rings. The third-order valence-electron chi connectivity index (χ3n) is 3.37. The van der Waals surface area contributed by atoms with Gasteiger partial charge in [-0.15, -0.1) is 0 Å². The first-order chi connectivity index (χ1) is 9.28. The summed E-state index contributed by atoms with van der Waals surface area (Å²) < 4.78 is 28.0. The van der Waals surface area contributed by atoms with Crippen LogP contribution < -0.4 is 5.43 Å². The second kappa shape index (κ2) is 5.40. The Kier molecular flexibility index (Phi) is 3.99. The molecule has 0 unspecified atom stereocenters. The molecule has 0 radical (unpaired) electrons. The second-order valence-electron chi connectivity index (χ2n) is 5.10. The number of amides is 1. The van der Waals surface area contributed by atoms with Crippen molar-refractivity contribution in [3.8, 4) is 0 Å². The van der Waals surface area contributed by atoms with Crippen LogP contribution in [0.4, 0.5) is 0 Å². The van der Waals surface area contributed by atoms with Gasteiger partial charge in [0, 0.05) is 5.56 Å². The second-order valence-corrected chi connectivity index (χ2v) is 7.33. The molecule has 7 heteroatoms. The molecule has 110 valence electrons. The molecule has 0 bridgehead atoms. The van der Waals surface area contributed by atoms with Gasteiger partial charge < -0.3 is 4.42 Å². The summed E-state index contributed by atoms with van der Waals surface area (Å²) >= 11 is 0. The number of carbonyl (C=O) groups is 1. The Morgan fingerprint density at radius 3 is 2.65 bits per heavy atom. The number of hydrogen-bond donors (Lipinski definition) is 1. The molecule has 1 atom stereocenters. The van der Waals surface area contributed by atoms with E-state index in [1.165, 1.54) is 0 Å². The van der Waals surface area contributed by atoms with Crippen molar-refractivity contribution < 1.29 is 17.6 Å². The number of nitrogens with zero attached hydrogens (tertiary/aromatic N) is 1. The zero-order chi connectivity index (χ0) is 14.9. The topological polar surface area (TPSA) is 88.7 Å². The lowest BCUT2D eigenvalue weighted by Gasteiger charge is -2.06. The summed E-state index contributed by atoms with van der Waals surface area (Å²) in [6, 6.07) is 1.85. The molecule has 1 N–H and O–H groups in total. The fourth-order valence-electron chi connectivity index (χ4n) is 2.28. The van der Waals surface area contributed by atoms with Crippen molar-refractivity contribution in [2.24, 2.45) is 11.0 Å². The molecule has 0 aromatic carbocycles. The summed E-state index contributed by atoms with van der Waals surface area (Å²) in [6.07, 6.45) is 0.368. The summed E-state index contributed by atoms with van der Waals surface area (Å²) in [5, 5.41) is 4.02. The molecule has 0 spiro atoms. The van der Waals surface area contributed by atoms with Crippen LogP contribution in [-0.2, 0) is 14.6 Å². The van der Waals surface area contributed by atoms with Gasteiger partial charge in [0.2, 0.25) is 5.91 Å². The van der Waals surface area contributed by atoms with Crippen LogP contribution in [0.5, 0.6) is 0 Å². The third kappa shape index (κ3) is 3.27. The smallest absolute Gasteiger partial charge is 0.244 e. The molecule has 1 aliphatic heterocycles. The molecule has 1 aromatic heterocycles. The summed E-state index contributed by atoms with van der Waals surface area (Å²) in [4.78, 5) is 11.9. The minimum atomic E-state index is -3.06. The number of hydrogen-bond acceptors (Lipinski definition) is 5. The van der Waals surface area contributed by atoms with E-state index in [2.05, 4.69) is 10.5 Å². The Bertz CT molecular complexity index is 658. The SMILES string of the molecule is C/C(=N/NC(=O)[C@H]1CCS(=O)(=O)C1)c1cc(C)oc1C. The van der Waals surface area contributed by atoms with Crippen molar-refractivity contribution in [1.82, 2.24) is 5.43 Å². The van der Waals surface area contributed by atoms with E-state index in [4.69, 9.17) is 4.42 Å². The lowest BCUT2D eigenvalue weighted by atomic mass is 10.1. The quantitative estimate of drug-likeness (QED) is 0.670. The van der Waals surface area contributed by atoms with Gasteiger partial charge in [0.1, 0.15) is 11.5 Å². The van der Waals surface area contributed by atoms with Gasteiger partial charge in [0.25, 0.3) is 0 Å². The highest BCUT2D eigenvalue weighted by Crippen LogP contribution is 2.18. The standard InChI is InChI=1S/C13H18N2O4S/c1-8-6-12(10(3)19-8)9(2)14-15-13(16)11-4-5-20(17,18)7-11/h6,11H,4-5,7H2,1-3H3,(H,15,16)/b14-9-/t11-/m0/s1. The fourth-order valence-corrected chi connectivity index (χ4v) is 4.02. The van der Waals surface area contributed by atoms with Crippen molar-refractivity contribution >= 4 is 21.5 Å². The van der Waals surface area contributed by atoms with E-state index in [-0.39, 0.29) is 17.4 Å². The lowest BCUT2D eigenvalue weighted by Crippen LogP contribution is -2.28. The van der Waals surface area contributed by atoms with Gasteiger partial charge in [-0.05, 0) is 33.3 Å². The van der Waals surface area contributed by atoms with E-state index in [1.54, 1.807) is 6.92 Å². The van der Waals surface area contributed by atoms with Crippen LogP contribution in [0.1, 0.15) is 30.4 Å². The summed E-state index contributed by atoms with van der Waals surface area (Å²) in [5.74, 6) is 0.666. The van der Waals surface area contributed by atoms with Gasteiger partial charge in [0.15, 0.2) is 9.84 Å². The molecular weight excluding hydrogens is 280 g/mol. The molecular formula is C13H18N2O4S. The van der Waals surface area contributed by atoms with Gasteiger partial charge in [0.05, 0.1) is 23.1 Å². The van der Waals surface area contributed by atoms with Gasteiger partial charge in [-0.3, -0.25) is 4.79 Å². The highest BCUT2D eigenvalue weighted by molar-refractivity contribution is 7.91. The fraction of sp³-hybridized carbons (Fsp3) is 0.538. The lowest BCUT2D eigenvalue weighted by molar-refractivity contribution is -0.124. The average Bonchev–Trinajstić information content (AvgIpc) is 2.88. The van der Waals surface area contributed by atoms with Gasteiger partial charge >= 0.3 is 0 Å². The van der Waals surface area contributed by atoms with Crippen LogP contribution in [0.2, 0.25) is 0 Å². The van der Waals surface area contributed by atoms with Gasteiger partial charge in [-0.1, -0.05) is 0 Å². The number of aryl methyl sites for hydroxylation is 2. The predicted octanol–water partition coefficient (Wildman–Crippen LogP) is 1.17. The Hall–Kier alpha value is -1.63. The first kappa shape index (κ1) is 14.8. The van der Waals surface area contributed by atoms with E-state index in [9.17, 15) is 13.2 Å². The van der Waals surface area contributed by atoms with Crippen molar-refractivity contribution in [1.29, 1.82) is 0 Å². The maximum Gasteiger partial charge on any atom is 0.244 e. The molecule has 20 heavy (non-hydrogen) atoms. The zero-order valence-electron chi connectivity index (χ0n) is 11.8. The third-order valence-corrected chi connectivity index (χ3v) is 5.14. The number of nitrogens with one attached hydrogen (secondary N) is 1. The minimum Gasteiger partial charge on any atom is -0.466 e. The van der Waals surface area contributed by atoms with Crippen LogP contribution in [0.15, 0.2) is 15.6 Å². The largest absolute Gasteiger partial charge is 0.466 e. The minimum absolute atomic E-state index is 0.0772. The Labute approximate surface area is 118 Å². The predicted molar refractivity (Wildman–Crippen MR) is 75.3 cm³/mol. The Morgan fingerprint density at radius 1 is 1.45 bits per heavy atom. The maximum atomic E-state index is 11.9.